The smallest absolute Gasteiger partial charge is 0.221 e. The van der Waals surface area contributed by atoms with E-state index < -0.39 is 0 Å². The first kappa shape index (κ1) is 16.4. The van der Waals surface area contributed by atoms with Crippen LogP contribution < -0.4 is 11.1 Å². The fourth-order valence-corrected chi connectivity index (χ4v) is 2.06. The topological polar surface area (TPSA) is 67.6 Å². The van der Waals surface area contributed by atoms with E-state index in [2.05, 4.69) is 31.0 Å². The Morgan fingerprint density at radius 2 is 1.95 bits per heavy atom. The van der Waals surface area contributed by atoms with Crippen LogP contribution in [0.4, 0.5) is 0 Å². The molecule has 19 heavy (non-hydrogen) atoms. The van der Waals surface area contributed by atoms with Crippen LogP contribution in [0.25, 0.3) is 0 Å². The van der Waals surface area contributed by atoms with Crippen molar-refractivity contribution in [3.8, 4) is 0 Å². The van der Waals surface area contributed by atoms with Gasteiger partial charge in [-0.25, -0.2) is 0 Å². The predicted molar refractivity (Wildman–Crippen MR) is 76.9 cm³/mol. The third kappa shape index (κ3) is 6.36. The zero-order valence-corrected chi connectivity index (χ0v) is 12.7. The summed E-state index contributed by atoms with van der Waals surface area (Å²) >= 11 is 0. The Morgan fingerprint density at radius 1 is 1.37 bits per heavy atom. The van der Waals surface area contributed by atoms with Crippen molar-refractivity contribution in [3.63, 3.8) is 0 Å². The highest BCUT2D eigenvalue weighted by Crippen LogP contribution is 2.19. The molecule has 5 nitrogen and oxygen atoms in total. The second-order valence-corrected chi connectivity index (χ2v) is 6.56. The number of amides is 1. The summed E-state index contributed by atoms with van der Waals surface area (Å²) in [5.41, 5.74) is 5.99. The van der Waals surface area contributed by atoms with Crippen molar-refractivity contribution in [1.82, 2.24) is 10.2 Å². The summed E-state index contributed by atoms with van der Waals surface area (Å²) in [6.07, 6.45) is 0.386. The van der Waals surface area contributed by atoms with Crippen molar-refractivity contribution >= 4 is 5.91 Å². The maximum Gasteiger partial charge on any atom is 0.221 e. The van der Waals surface area contributed by atoms with E-state index in [0.717, 1.165) is 32.8 Å². The summed E-state index contributed by atoms with van der Waals surface area (Å²) in [5.74, 6) is 0.0446. The van der Waals surface area contributed by atoms with Gasteiger partial charge in [0.1, 0.15) is 0 Å². The van der Waals surface area contributed by atoms with Crippen molar-refractivity contribution < 1.29 is 9.53 Å². The minimum Gasteiger partial charge on any atom is -0.379 e. The SMILES string of the molecule is CC(CN1CCOCC1)NC(=O)CC(N)C(C)(C)C. The van der Waals surface area contributed by atoms with E-state index in [4.69, 9.17) is 10.5 Å². The Bertz CT molecular complexity index is 283. The van der Waals surface area contributed by atoms with Gasteiger partial charge >= 0.3 is 0 Å². The van der Waals surface area contributed by atoms with E-state index in [1.165, 1.54) is 0 Å². The Balaban J connectivity index is 2.27. The first-order valence-corrected chi connectivity index (χ1v) is 7.14. The molecule has 0 aromatic carbocycles. The van der Waals surface area contributed by atoms with Gasteiger partial charge < -0.3 is 15.8 Å². The zero-order valence-electron chi connectivity index (χ0n) is 12.7. The monoisotopic (exact) mass is 271 g/mol. The fraction of sp³-hybridized carbons (Fsp3) is 0.929. The van der Waals surface area contributed by atoms with Gasteiger partial charge in [-0.3, -0.25) is 9.69 Å². The Hall–Kier alpha value is -0.650. The molecule has 0 spiro atoms. The van der Waals surface area contributed by atoms with Gasteiger partial charge in [-0.05, 0) is 12.3 Å². The predicted octanol–water partition coefficient (Wildman–Crippen LogP) is 0.587. The molecule has 0 radical (unpaired) electrons. The van der Waals surface area contributed by atoms with Gasteiger partial charge in [0.25, 0.3) is 0 Å². The number of nitrogens with zero attached hydrogens (tertiary/aromatic N) is 1. The molecule has 0 bridgehead atoms. The van der Waals surface area contributed by atoms with Crippen LogP contribution in [0.2, 0.25) is 0 Å². The van der Waals surface area contributed by atoms with E-state index in [1.807, 2.05) is 6.92 Å². The molecule has 1 aliphatic rings. The molecule has 1 amide bonds. The van der Waals surface area contributed by atoms with Gasteiger partial charge in [0.2, 0.25) is 5.91 Å². The minimum absolute atomic E-state index is 0.0369. The minimum atomic E-state index is -0.108. The number of ether oxygens (including phenoxy) is 1. The normalized spacial score (nSPS) is 20.9. The Labute approximate surface area is 116 Å². The van der Waals surface area contributed by atoms with Crippen molar-refractivity contribution in [2.24, 2.45) is 11.1 Å². The standard InChI is InChI=1S/C14H29N3O2/c1-11(10-17-5-7-19-8-6-17)16-13(18)9-12(15)14(2,3)4/h11-12H,5-10,15H2,1-4H3,(H,16,18). The summed E-state index contributed by atoms with van der Waals surface area (Å²) in [7, 11) is 0. The van der Waals surface area contributed by atoms with Crippen LogP contribution in [0.3, 0.4) is 0 Å². The van der Waals surface area contributed by atoms with Crippen LogP contribution in [0.5, 0.6) is 0 Å². The third-order valence-corrected chi connectivity index (χ3v) is 3.56. The number of carbonyl (C=O) groups excluding carboxylic acids is 1. The summed E-state index contributed by atoms with van der Waals surface area (Å²) < 4.78 is 5.31. The number of hydrogen-bond acceptors (Lipinski definition) is 4. The highest BCUT2D eigenvalue weighted by atomic mass is 16.5. The first-order chi connectivity index (χ1) is 8.79. The number of rotatable bonds is 5. The van der Waals surface area contributed by atoms with E-state index in [-0.39, 0.29) is 23.4 Å². The van der Waals surface area contributed by atoms with Crippen molar-refractivity contribution in [1.29, 1.82) is 0 Å². The summed E-state index contributed by atoms with van der Waals surface area (Å²) in [6.45, 7) is 12.6. The van der Waals surface area contributed by atoms with Gasteiger partial charge in [-0.2, -0.15) is 0 Å². The molecular formula is C14H29N3O2. The number of nitrogens with one attached hydrogen (secondary N) is 1. The third-order valence-electron chi connectivity index (χ3n) is 3.56. The Kier molecular flexibility index (Phi) is 6.23. The van der Waals surface area contributed by atoms with E-state index in [0.29, 0.717) is 6.42 Å². The molecule has 5 heteroatoms. The van der Waals surface area contributed by atoms with Gasteiger partial charge in [0.05, 0.1) is 13.2 Å². The first-order valence-electron chi connectivity index (χ1n) is 7.14. The maximum atomic E-state index is 11.9. The van der Waals surface area contributed by atoms with Crippen LogP contribution in [0.15, 0.2) is 0 Å². The van der Waals surface area contributed by atoms with E-state index in [1.54, 1.807) is 0 Å². The lowest BCUT2D eigenvalue weighted by atomic mass is 9.85. The van der Waals surface area contributed by atoms with Crippen molar-refractivity contribution in [3.05, 3.63) is 0 Å². The highest BCUT2D eigenvalue weighted by Gasteiger charge is 2.24. The van der Waals surface area contributed by atoms with E-state index >= 15 is 0 Å². The molecule has 0 aliphatic carbocycles. The number of nitrogens with two attached hydrogens (primary N) is 1. The zero-order chi connectivity index (χ0) is 14.5. The molecule has 1 saturated heterocycles. The molecule has 1 heterocycles. The average molecular weight is 271 g/mol. The second kappa shape index (κ2) is 7.22. The molecular weight excluding hydrogens is 242 g/mol. The van der Waals surface area contributed by atoms with Crippen molar-refractivity contribution in [2.45, 2.75) is 46.2 Å². The lowest BCUT2D eigenvalue weighted by Crippen LogP contribution is -2.47. The summed E-state index contributed by atoms with van der Waals surface area (Å²) in [4.78, 5) is 14.2. The molecule has 112 valence electrons. The molecule has 2 atom stereocenters. The van der Waals surface area contributed by atoms with Gasteiger partial charge in [0, 0.05) is 38.1 Å². The van der Waals surface area contributed by atoms with Crippen molar-refractivity contribution in [2.75, 3.05) is 32.8 Å². The number of carbonyl (C=O) groups is 1. The molecule has 0 aromatic rings. The number of hydrogen-bond donors (Lipinski definition) is 2. The van der Waals surface area contributed by atoms with Crippen LogP contribution in [0.1, 0.15) is 34.1 Å². The lowest BCUT2D eigenvalue weighted by molar-refractivity contribution is -0.122. The van der Waals surface area contributed by atoms with Crippen LogP contribution in [-0.2, 0) is 9.53 Å². The lowest BCUT2D eigenvalue weighted by Gasteiger charge is -2.30. The quantitative estimate of drug-likeness (QED) is 0.768. The molecule has 1 fully saturated rings. The molecule has 0 saturated carbocycles. The molecule has 1 aliphatic heterocycles. The largest absolute Gasteiger partial charge is 0.379 e. The maximum absolute atomic E-state index is 11.9. The highest BCUT2D eigenvalue weighted by molar-refractivity contribution is 5.76. The van der Waals surface area contributed by atoms with Gasteiger partial charge in [-0.15, -0.1) is 0 Å². The van der Waals surface area contributed by atoms with Crippen LogP contribution in [-0.4, -0.2) is 55.7 Å². The van der Waals surface area contributed by atoms with Gasteiger partial charge in [0.15, 0.2) is 0 Å². The molecule has 0 aromatic heterocycles. The summed E-state index contributed by atoms with van der Waals surface area (Å²) in [5, 5.41) is 3.03. The van der Waals surface area contributed by atoms with Gasteiger partial charge in [-0.1, -0.05) is 20.8 Å². The molecule has 3 N–H and O–H groups in total. The summed E-state index contributed by atoms with van der Waals surface area (Å²) in [6, 6.07) is 0.0425. The fourth-order valence-electron chi connectivity index (χ4n) is 2.06. The number of morpholine rings is 1. The second-order valence-electron chi connectivity index (χ2n) is 6.56. The average Bonchev–Trinajstić information content (AvgIpc) is 2.28. The van der Waals surface area contributed by atoms with Crippen LogP contribution >= 0.6 is 0 Å². The van der Waals surface area contributed by atoms with E-state index in [9.17, 15) is 4.79 Å². The molecule has 1 rings (SSSR count). The molecule has 2 unspecified atom stereocenters. The Morgan fingerprint density at radius 3 is 2.47 bits per heavy atom. The van der Waals surface area contributed by atoms with Crippen LogP contribution in [0, 0.1) is 5.41 Å².